The normalized spacial score (nSPS) is 12.5. The van der Waals surface area contributed by atoms with Crippen LogP contribution in [0, 0.1) is 6.92 Å². The lowest BCUT2D eigenvalue weighted by Gasteiger charge is -2.13. The van der Waals surface area contributed by atoms with Gasteiger partial charge in [-0.2, -0.15) is 4.98 Å². The quantitative estimate of drug-likeness (QED) is 0.429. The second-order valence-corrected chi connectivity index (χ2v) is 8.26. The largest absolute Gasteiger partial charge is 0.333 e. The van der Waals surface area contributed by atoms with Crippen LogP contribution >= 0.6 is 0 Å². The summed E-state index contributed by atoms with van der Waals surface area (Å²) in [5.41, 5.74) is 3.20. The van der Waals surface area contributed by atoms with Crippen molar-refractivity contribution in [3.05, 3.63) is 87.2 Å². The highest BCUT2D eigenvalue weighted by Gasteiger charge is 2.25. The predicted octanol–water partition coefficient (Wildman–Crippen LogP) is 3.26. The molecule has 0 saturated heterocycles. The molecule has 3 aromatic heterocycles. The maximum atomic E-state index is 13.5. The summed E-state index contributed by atoms with van der Waals surface area (Å²) in [7, 11) is 1.57. The summed E-state index contributed by atoms with van der Waals surface area (Å²) in [5.74, 6) is 0.246. The molecule has 166 valence electrons. The molecule has 0 amide bonds. The van der Waals surface area contributed by atoms with Gasteiger partial charge in [0.05, 0.1) is 17.4 Å². The molecule has 8 heteroatoms. The molecular weight excluding hydrogens is 418 g/mol. The second-order valence-electron chi connectivity index (χ2n) is 8.26. The number of hydrogen-bond acceptors (Lipinski definition) is 4. The van der Waals surface area contributed by atoms with Crippen molar-refractivity contribution < 1.29 is 4.79 Å². The maximum Gasteiger partial charge on any atom is 0.333 e. The lowest BCUT2D eigenvalue weighted by Crippen LogP contribution is -2.42. The number of Topliss-reactive ketones (excluding diaryl/α,β-unsaturated/α-hetero) is 1. The molecule has 0 fully saturated rings. The average Bonchev–Trinajstić information content (AvgIpc) is 3.35. The van der Waals surface area contributed by atoms with Crippen molar-refractivity contribution in [3.8, 4) is 16.9 Å². The van der Waals surface area contributed by atoms with Gasteiger partial charge in [0.2, 0.25) is 5.78 Å². The first-order chi connectivity index (χ1) is 15.8. The lowest BCUT2D eigenvalue weighted by molar-refractivity contribution is -0.119. The van der Waals surface area contributed by atoms with Gasteiger partial charge in [0.1, 0.15) is 0 Å². The summed E-state index contributed by atoms with van der Waals surface area (Å²) < 4.78 is 6.04. The van der Waals surface area contributed by atoms with E-state index in [0.717, 1.165) is 27.1 Å². The van der Waals surface area contributed by atoms with E-state index in [0.29, 0.717) is 5.78 Å². The molecule has 0 aliphatic rings. The van der Waals surface area contributed by atoms with Crippen LogP contribution in [-0.4, -0.2) is 28.9 Å². The van der Waals surface area contributed by atoms with Gasteiger partial charge in [0.25, 0.3) is 5.56 Å². The van der Waals surface area contributed by atoms with Gasteiger partial charge in [-0.05, 0) is 32.4 Å². The van der Waals surface area contributed by atoms with Gasteiger partial charge in [0, 0.05) is 18.8 Å². The molecule has 3 heterocycles. The van der Waals surface area contributed by atoms with Crippen LogP contribution in [0.4, 0.5) is 0 Å². The van der Waals surface area contributed by atoms with E-state index >= 15 is 0 Å². The number of rotatable bonds is 4. The van der Waals surface area contributed by atoms with Crippen LogP contribution in [0.15, 0.2) is 70.4 Å². The highest BCUT2D eigenvalue weighted by Crippen LogP contribution is 2.30. The molecule has 2 aromatic carbocycles. The highest BCUT2D eigenvalue weighted by molar-refractivity contribution is 5.82. The first-order valence-electron chi connectivity index (χ1n) is 10.7. The van der Waals surface area contributed by atoms with E-state index in [-0.39, 0.29) is 16.9 Å². The van der Waals surface area contributed by atoms with Crippen LogP contribution in [0.1, 0.15) is 25.5 Å². The molecule has 8 nitrogen and oxygen atoms in total. The Balaban J connectivity index is 1.97. The van der Waals surface area contributed by atoms with Crippen molar-refractivity contribution >= 4 is 22.7 Å². The number of aromatic nitrogens is 5. The van der Waals surface area contributed by atoms with Gasteiger partial charge >= 0.3 is 5.69 Å². The maximum absolute atomic E-state index is 13.5. The molecule has 5 aromatic rings. The molecule has 0 spiro atoms. The Labute approximate surface area is 189 Å². The number of carbonyl (C=O) groups is 1. The first kappa shape index (κ1) is 20.7. The average molecular weight is 441 g/mol. The van der Waals surface area contributed by atoms with Gasteiger partial charge in [-0.15, -0.1) is 0 Å². The molecule has 1 atom stereocenters. The molecule has 0 aliphatic carbocycles. The Hall–Kier alpha value is -4.20. The van der Waals surface area contributed by atoms with E-state index < -0.39 is 17.3 Å². The second kappa shape index (κ2) is 7.44. The SMILES string of the molecule is CC(=O)[C@H](C)n1c(=O)c2c(nc3n(-c4ccccc4C)c(-c4ccccc4)cn23)n(C)c1=O. The molecule has 0 unspecified atom stereocenters. The fraction of sp³-hybridized carbons (Fsp3) is 0.200. The molecular formula is C25H23N5O3. The number of hydrogen-bond donors (Lipinski definition) is 0. The predicted molar refractivity (Wildman–Crippen MR) is 127 cm³/mol. The molecule has 33 heavy (non-hydrogen) atoms. The van der Waals surface area contributed by atoms with E-state index in [1.165, 1.54) is 11.5 Å². The summed E-state index contributed by atoms with van der Waals surface area (Å²) in [6.45, 7) is 4.94. The number of benzene rings is 2. The van der Waals surface area contributed by atoms with E-state index in [1.54, 1.807) is 18.4 Å². The Bertz CT molecular complexity index is 1670. The summed E-state index contributed by atoms with van der Waals surface area (Å²) in [5, 5.41) is 0. The Morgan fingerprint density at radius 2 is 1.67 bits per heavy atom. The first-order valence-corrected chi connectivity index (χ1v) is 10.7. The van der Waals surface area contributed by atoms with Gasteiger partial charge in [-0.3, -0.25) is 23.1 Å². The monoisotopic (exact) mass is 441 g/mol. The molecule has 5 rings (SSSR count). The van der Waals surface area contributed by atoms with Crippen LogP contribution in [0.5, 0.6) is 0 Å². The zero-order valence-electron chi connectivity index (χ0n) is 18.8. The van der Waals surface area contributed by atoms with E-state index in [2.05, 4.69) is 0 Å². The third-order valence-corrected chi connectivity index (χ3v) is 6.20. The van der Waals surface area contributed by atoms with Crippen molar-refractivity contribution in [1.29, 1.82) is 0 Å². The van der Waals surface area contributed by atoms with Crippen molar-refractivity contribution in [3.63, 3.8) is 0 Å². The van der Waals surface area contributed by atoms with E-state index in [1.807, 2.05) is 72.3 Å². The molecule has 0 radical (unpaired) electrons. The van der Waals surface area contributed by atoms with E-state index in [9.17, 15) is 14.4 Å². The standard InChI is InChI=1S/C25H23N5O3/c1-15-10-8-9-13-19(15)30-20(18-11-6-5-7-12-18)14-28-21-22(26-24(28)30)27(4)25(33)29(23(21)32)16(2)17(3)31/h5-14,16H,1-4H3/t16-/m0/s1. The molecule has 0 bridgehead atoms. The topological polar surface area (TPSA) is 83.3 Å². The van der Waals surface area contributed by atoms with Gasteiger partial charge < -0.3 is 0 Å². The Morgan fingerprint density at radius 1 is 1.00 bits per heavy atom. The van der Waals surface area contributed by atoms with Crippen molar-refractivity contribution in [2.75, 3.05) is 0 Å². The van der Waals surface area contributed by atoms with Crippen molar-refractivity contribution in [1.82, 2.24) is 23.1 Å². The number of imidazole rings is 2. The summed E-state index contributed by atoms with van der Waals surface area (Å²) in [6.07, 6.45) is 1.86. The Morgan fingerprint density at radius 3 is 2.33 bits per heavy atom. The van der Waals surface area contributed by atoms with Gasteiger partial charge in [-0.1, -0.05) is 48.5 Å². The number of nitrogens with zero attached hydrogens (tertiary/aromatic N) is 5. The highest BCUT2D eigenvalue weighted by atomic mass is 16.2. The minimum Gasteiger partial charge on any atom is -0.298 e. The third-order valence-electron chi connectivity index (χ3n) is 6.20. The van der Waals surface area contributed by atoms with Crippen LogP contribution < -0.4 is 11.2 Å². The van der Waals surface area contributed by atoms with Crippen molar-refractivity contribution in [2.24, 2.45) is 7.05 Å². The fourth-order valence-electron chi connectivity index (χ4n) is 4.25. The number of aryl methyl sites for hydroxylation is 2. The molecule has 0 N–H and O–H groups in total. The minimum atomic E-state index is -0.877. The Kier molecular flexibility index (Phi) is 4.67. The number of fused-ring (bicyclic) bond motifs is 3. The van der Waals surface area contributed by atoms with Crippen LogP contribution in [0.2, 0.25) is 0 Å². The van der Waals surface area contributed by atoms with Crippen LogP contribution in [0.25, 0.3) is 33.9 Å². The number of para-hydroxylation sites is 1. The number of carbonyl (C=O) groups excluding carboxylic acids is 1. The zero-order valence-corrected chi connectivity index (χ0v) is 18.8. The zero-order chi connectivity index (χ0) is 23.4. The molecule has 0 saturated carbocycles. The minimum absolute atomic E-state index is 0.254. The van der Waals surface area contributed by atoms with Crippen molar-refractivity contribution in [2.45, 2.75) is 26.8 Å². The smallest absolute Gasteiger partial charge is 0.298 e. The van der Waals surface area contributed by atoms with Crippen LogP contribution in [-0.2, 0) is 11.8 Å². The van der Waals surface area contributed by atoms with Crippen LogP contribution in [0.3, 0.4) is 0 Å². The van der Waals surface area contributed by atoms with Gasteiger partial charge in [-0.25, -0.2) is 9.36 Å². The summed E-state index contributed by atoms with van der Waals surface area (Å²) >= 11 is 0. The van der Waals surface area contributed by atoms with Gasteiger partial charge in [0.15, 0.2) is 16.9 Å². The van der Waals surface area contributed by atoms with E-state index in [4.69, 9.17) is 4.98 Å². The number of ketones is 1. The molecule has 0 aliphatic heterocycles. The summed E-state index contributed by atoms with van der Waals surface area (Å²) in [6, 6.07) is 16.9. The third kappa shape index (κ3) is 2.98. The summed E-state index contributed by atoms with van der Waals surface area (Å²) in [4.78, 5) is 43.2. The lowest BCUT2D eigenvalue weighted by atomic mass is 10.1. The fourth-order valence-corrected chi connectivity index (χ4v) is 4.25.